The lowest BCUT2D eigenvalue weighted by Gasteiger charge is -2.35. The van der Waals surface area contributed by atoms with E-state index in [9.17, 15) is 9.59 Å². The van der Waals surface area contributed by atoms with Crippen molar-refractivity contribution in [2.45, 2.75) is 53.6 Å². The van der Waals surface area contributed by atoms with Gasteiger partial charge < -0.3 is 19.9 Å². The van der Waals surface area contributed by atoms with Gasteiger partial charge in [-0.25, -0.2) is 4.79 Å². The molecular weight excluding hydrogens is 294 g/mol. The Hall–Kier alpha value is -1.30. The van der Waals surface area contributed by atoms with Crippen LogP contribution in [0.2, 0.25) is 0 Å². The standard InChI is InChI=1S/C17H33N3O3/c1-16(2,3)7-8-18-13-14(21)19-9-11-20(12-10-19)15(22)23-17(4,5)6/h18H,7-13H2,1-6H3. The molecule has 1 N–H and O–H groups in total. The van der Waals surface area contributed by atoms with Crippen LogP contribution in [0.3, 0.4) is 0 Å². The zero-order chi connectivity index (χ0) is 17.7. The van der Waals surface area contributed by atoms with E-state index in [4.69, 9.17) is 4.74 Å². The number of amides is 2. The van der Waals surface area contributed by atoms with Crippen LogP contribution < -0.4 is 5.32 Å². The van der Waals surface area contributed by atoms with E-state index in [1.807, 2.05) is 25.7 Å². The third-order valence-electron chi connectivity index (χ3n) is 3.61. The van der Waals surface area contributed by atoms with Crippen LogP contribution in [0.5, 0.6) is 0 Å². The van der Waals surface area contributed by atoms with E-state index in [2.05, 4.69) is 26.1 Å². The van der Waals surface area contributed by atoms with Crippen molar-refractivity contribution < 1.29 is 14.3 Å². The second kappa shape index (κ2) is 7.99. The molecule has 23 heavy (non-hydrogen) atoms. The lowest BCUT2D eigenvalue weighted by Crippen LogP contribution is -2.53. The van der Waals surface area contributed by atoms with Crippen molar-refractivity contribution in [2.75, 3.05) is 39.3 Å². The average molecular weight is 327 g/mol. The molecule has 1 aliphatic heterocycles. The summed E-state index contributed by atoms with van der Waals surface area (Å²) in [4.78, 5) is 27.6. The SMILES string of the molecule is CC(C)(C)CCNCC(=O)N1CCN(C(=O)OC(C)(C)C)CC1. The number of carbonyl (C=O) groups is 2. The molecule has 1 heterocycles. The Bertz CT molecular complexity index is 402. The average Bonchev–Trinajstić information content (AvgIpc) is 2.40. The summed E-state index contributed by atoms with van der Waals surface area (Å²) in [5.41, 5.74) is -0.212. The lowest BCUT2D eigenvalue weighted by atomic mass is 9.92. The maximum Gasteiger partial charge on any atom is 0.410 e. The van der Waals surface area contributed by atoms with Gasteiger partial charge in [0.05, 0.1) is 6.54 Å². The van der Waals surface area contributed by atoms with Crippen LogP contribution in [0.15, 0.2) is 0 Å². The predicted octanol–water partition coefficient (Wildman–Crippen LogP) is 2.09. The van der Waals surface area contributed by atoms with Gasteiger partial charge in [0.25, 0.3) is 0 Å². The highest BCUT2D eigenvalue weighted by Crippen LogP contribution is 2.17. The van der Waals surface area contributed by atoms with E-state index in [0.29, 0.717) is 32.7 Å². The van der Waals surface area contributed by atoms with Crippen molar-refractivity contribution in [3.05, 3.63) is 0 Å². The van der Waals surface area contributed by atoms with Gasteiger partial charge in [-0.05, 0) is 39.2 Å². The van der Waals surface area contributed by atoms with E-state index in [1.165, 1.54) is 0 Å². The van der Waals surface area contributed by atoms with Crippen molar-refractivity contribution in [2.24, 2.45) is 5.41 Å². The van der Waals surface area contributed by atoms with E-state index in [0.717, 1.165) is 13.0 Å². The Labute approximate surface area is 140 Å². The van der Waals surface area contributed by atoms with Gasteiger partial charge in [0.15, 0.2) is 0 Å². The maximum atomic E-state index is 12.2. The Balaban J connectivity index is 2.27. The third-order valence-corrected chi connectivity index (χ3v) is 3.61. The smallest absolute Gasteiger partial charge is 0.410 e. The van der Waals surface area contributed by atoms with Crippen LogP contribution in [0, 0.1) is 5.41 Å². The van der Waals surface area contributed by atoms with Crippen LogP contribution in [0.4, 0.5) is 4.79 Å². The fraction of sp³-hybridized carbons (Fsp3) is 0.882. The maximum absolute atomic E-state index is 12.2. The molecule has 0 radical (unpaired) electrons. The van der Waals surface area contributed by atoms with Crippen LogP contribution in [-0.4, -0.2) is 66.7 Å². The summed E-state index contributed by atoms with van der Waals surface area (Å²) >= 11 is 0. The molecule has 0 aliphatic carbocycles. The number of hydrogen-bond acceptors (Lipinski definition) is 4. The highest BCUT2D eigenvalue weighted by atomic mass is 16.6. The normalized spacial score (nSPS) is 16.4. The molecule has 1 rings (SSSR count). The Morgan fingerprint density at radius 1 is 0.957 bits per heavy atom. The van der Waals surface area contributed by atoms with Crippen LogP contribution in [0.25, 0.3) is 0 Å². The quantitative estimate of drug-likeness (QED) is 0.803. The summed E-state index contributed by atoms with van der Waals surface area (Å²) in [5, 5.41) is 3.21. The Morgan fingerprint density at radius 2 is 1.48 bits per heavy atom. The number of nitrogens with one attached hydrogen (secondary N) is 1. The van der Waals surface area contributed by atoms with Gasteiger partial charge in [-0.2, -0.15) is 0 Å². The highest BCUT2D eigenvalue weighted by Gasteiger charge is 2.27. The zero-order valence-corrected chi connectivity index (χ0v) is 15.6. The molecule has 134 valence electrons. The minimum absolute atomic E-state index is 0.0998. The molecule has 0 saturated carbocycles. The fourth-order valence-corrected chi connectivity index (χ4v) is 2.24. The predicted molar refractivity (Wildman–Crippen MR) is 91.3 cm³/mol. The second-order valence-electron chi connectivity index (χ2n) is 8.34. The van der Waals surface area contributed by atoms with Crippen molar-refractivity contribution in [1.29, 1.82) is 0 Å². The first-order valence-corrected chi connectivity index (χ1v) is 8.44. The van der Waals surface area contributed by atoms with Gasteiger partial charge in [0, 0.05) is 26.2 Å². The summed E-state index contributed by atoms with van der Waals surface area (Å²) in [6, 6.07) is 0. The Kier molecular flexibility index (Phi) is 6.86. The minimum atomic E-state index is -0.485. The number of ether oxygens (including phenoxy) is 1. The highest BCUT2D eigenvalue weighted by molar-refractivity contribution is 5.78. The van der Waals surface area contributed by atoms with Gasteiger partial charge >= 0.3 is 6.09 Å². The topological polar surface area (TPSA) is 61.9 Å². The lowest BCUT2D eigenvalue weighted by molar-refractivity contribution is -0.132. The van der Waals surface area contributed by atoms with Crippen LogP contribution in [0.1, 0.15) is 48.0 Å². The summed E-state index contributed by atoms with van der Waals surface area (Å²) in [7, 11) is 0. The van der Waals surface area contributed by atoms with Crippen molar-refractivity contribution >= 4 is 12.0 Å². The van der Waals surface area contributed by atoms with E-state index in [-0.39, 0.29) is 17.4 Å². The number of carbonyl (C=O) groups excluding carboxylic acids is 2. The molecule has 0 aromatic carbocycles. The largest absolute Gasteiger partial charge is 0.444 e. The first-order chi connectivity index (χ1) is 10.5. The van der Waals surface area contributed by atoms with Gasteiger partial charge in [-0.15, -0.1) is 0 Å². The van der Waals surface area contributed by atoms with Crippen molar-refractivity contribution in [3.63, 3.8) is 0 Å². The van der Waals surface area contributed by atoms with Gasteiger partial charge in [-0.1, -0.05) is 20.8 Å². The van der Waals surface area contributed by atoms with E-state index >= 15 is 0 Å². The van der Waals surface area contributed by atoms with Gasteiger partial charge in [0.2, 0.25) is 5.91 Å². The Morgan fingerprint density at radius 3 is 1.96 bits per heavy atom. The monoisotopic (exact) mass is 327 g/mol. The molecule has 1 fully saturated rings. The number of hydrogen-bond donors (Lipinski definition) is 1. The minimum Gasteiger partial charge on any atom is -0.444 e. The summed E-state index contributed by atoms with van der Waals surface area (Å²) in [6.45, 7) is 15.5. The third kappa shape index (κ3) is 8.21. The van der Waals surface area contributed by atoms with Crippen molar-refractivity contribution in [1.82, 2.24) is 15.1 Å². The first-order valence-electron chi connectivity index (χ1n) is 8.44. The zero-order valence-electron chi connectivity index (χ0n) is 15.6. The molecule has 6 nitrogen and oxygen atoms in total. The molecule has 0 aromatic heterocycles. The molecule has 0 unspecified atom stereocenters. The van der Waals surface area contributed by atoms with Crippen LogP contribution >= 0.6 is 0 Å². The first kappa shape index (κ1) is 19.7. The molecule has 2 amide bonds. The molecule has 0 atom stereocenters. The molecule has 0 aromatic rings. The summed E-state index contributed by atoms with van der Waals surface area (Å²) in [6.07, 6.45) is 0.736. The van der Waals surface area contributed by atoms with Gasteiger partial charge in [-0.3, -0.25) is 4.79 Å². The molecule has 0 spiro atoms. The van der Waals surface area contributed by atoms with Gasteiger partial charge in [0.1, 0.15) is 5.60 Å². The summed E-state index contributed by atoms with van der Waals surface area (Å²) < 4.78 is 5.36. The van der Waals surface area contributed by atoms with Crippen LogP contribution in [-0.2, 0) is 9.53 Å². The molecule has 1 aliphatic rings. The number of nitrogens with zero attached hydrogens (tertiary/aromatic N) is 2. The molecule has 6 heteroatoms. The van der Waals surface area contributed by atoms with E-state index in [1.54, 1.807) is 4.90 Å². The second-order valence-corrected chi connectivity index (χ2v) is 8.34. The number of rotatable bonds is 4. The fourth-order valence-electron chi connectivity index (χ4n) is 2.24. The summed E-state index contributed by atoms with van der Waals surface area (Å²) in [5.74, 6) is 0.0998. The molecule has 0 bridgehead atoms. The molecular formula is C17H33N3O3. The van der Waals surface area contributed by atoms with Crippen molar-refractivity contribution in [3.8, 4) is 0 Å². The van der Waals surface area contributed by atoms with E-state index < -0.39 is 5.60 Å². The number of piperazine rings is 1. The molecule has 1 saturated heterocycles.